The summed E-state index contributed by atoms with van der Waals surface area (Å²) in [5.41, 5.74) is -2.49. The Labute approximate surface area is 160 Å². The van der Waals surface area contributed by atoms with Gasteiger partial charge in [0.15, 0.2) is 0 Å². The van der Waals surface area contributed by atoms with Crippen LogP contribution in [0, 0.1) is 0 Å². The van der Waals surface area contributed by atoms with E-state index in [0.29, 0.717) is 16.2 Å². The lowest BCUT2D eigenvalue weighted by molar-refractivity contribution is -0.137. The third-order valence-electron chi connectivity index (χ3n) is 4.15. The maximum absolute atomic E-state index is 12.9. The number of carbonyl (C=O) groups is 1. The molecule has 0 saturated carbocycles. The zero-order chi connectivity index (χ0) is 20.6. The summed E-state index contributed by atoms with van der Waals surface area (Å²) in [5.74, 6) is -0.871. The van der Waals surface area contributed by atoms with Crippen molar-refractivity contribution >= 4 is 34.1 Å². The van der Waals surface area contributed by atoms with Crippen molar-refractivity contribution in [1.29, 1.82) is 0 Å². The number of aromatic amines is 1. The van der Waals surface area contributed by atoms with Crippen molar-refractivity contribution in [1.82, 2.24) is 9.55 Å². The summed E-state index contributed by atoms with van der Waals surface area (Å²) in [5, 5.41) is 2.32. The molecule has 0 radical (unpaired) electrons. The van der Waals surface area contributed by atoms with Crippen molar-refractivity contribution in [2.45, 2.75) is 19.1 Å². The van der Waals surface area contributed by atoms with Crippen molar-refractivity contribution in [3.63, 3.8) is 0 Å². The molecule has 0 aliphatic heterocycles. The Balaban J connectivity index is 1.98. The van der Waals surface area contributed by atoms with Crippen molar-refractivity contribution in [3.05, 3.63) is 73.9 Å². The van der Waals surface area contributed by atoms with E-state index < -0.39 is 34.9 Å². The van der Waals surface area contributed by atoms with Crippen LogP contribution in [-0.4, -0.2) is 15.5 Å². The number of aromatic nitrogens is 2. The molecule has 6 nitrogen and oxygen atoms in total. The molecule has 2 N–H and O–H groups in total. The van der Waals surface area contributed by atoms with Gasteiger partial charge in [-0.15, -0.1) is 0 Å². The predicted octanol–water partition coefficient (Wildman–Crippen LogP) is 3.56. The van der Waals surface area contributed by atoms with Crippen LogP contribution in [0.5, 0.6) is 0 Å². The lowest BCUT2D eigenvalue weighted by Gasteiger charge is -2.16. The zero-order valence-corrected chi connectivity index (χ0v) is 15.1. The van der Waals surface area contributed by atoms with Crippen molar-refractivity contribution in [2.75, 3.05) is 5.32 Å². The number of rotatable bonds is 3. The normalized spacial score (nSPS) is 12.8. The van der Waals surface area contributed by atoms with Crippen LogP contribution in [0.15, 0.2) is 52.1 Å². The van der Waals surface area contributed by atoms with Gasteiger partial charge in [0.1, 0.15) is 6.04 Å². The van der Waals surface area contributed by atoms with Gasteiger partial charge in [-0.3, -0.25) is 9.59 Å². The number of hydrogen-bond donors (Lipinski definition) is 2. The molecule has 0 saturated heterocycles. The van der Waals surface area contributed by atoms with Crippen molar-refractivity contribution in [2.24, 2.45) is 0 Å². The highest BCUT2D eigenvalue weighted by Gasteiger charge is 2.31. The fourth-order valence-corrected chi connectivity index (χ4v) is 2.84. The number of hydrogen-bond acceptors (Lipinski definition) is 3. The molecule has 10 heteroatoms. The molecule has 0 fully saturated rings. The minimum Gasteiger partial charge on any atom is -0.323 e. The third kappa shape index (κ3) is 3.65. The molecule has 1 aromatic heterocycles. The first kappa shape index (κ1) is 19.7. The molecule has 1 amide bonds. The highest BCUT2D eigenvalue weighted by molar-refractivity contribution is 6.33. The van der Waals surface area contributed by atoms with Gasteiger partial charge in [-0.1, -0.05) is 23.7 Å². The van der Waals surface area contributed by atoms with Crippen LogP contribution < -0.4 is 16.6 Å². The lowest BCUT2D eigenvalue weighted by Crippen LogP contribution is -2.41. The van der Waals surface area contributed by atoms with Gasteiger partial charge in [0.2, 0.25) is 5.91 Å². The molecule has 28 heavy (non-hydrogen) atoms. The number of benzene rings is 2. The number of fused-ring (bicyclic) bond motifs is 1. The van der Waals surface area contributed by atoms with E-state index in [2.05, 4.69) is 10.3 Å². The summed E-state index contributed by atoms with van der Waals surface area (Å²) in [4.78, 5) is 39.8. The second-order valence-corrected chi connectivity index (χ2v) is 6.42. The zero-order valence-electron chi connectivity index (χ0n) is 14.3. The van der Waals surface area contributed by atoms with Crippen LogP contribution in [0.25, 0.3) is 10.9 Å². The van der Waals surface area contributed by atoms with E-state index in [9.17, 15) is 27.6 Å². The number of halogens is 4. The van der Waals surface area contributed by atoms with Gasteiger partial charge in [-0.25, -0.2) is 9.36 Å². The number of H-pyrrole nitrogens is 1. The van der Waals surface area contributed by atoms with Crippen LogP contribution in [-0.2, 0) is 11.0 Å². The standard InChI is InChI=1S/C18H13ClF3N3O3/c1-9(25-16(27)11-4-2-3-5-13(11)24-17(25)28)15(26)23-14-8-10(18(20,21)22)6-7-12(14)19/h2-9H,1H3,(H,23,26)(H,24,28). The van der Waals surface area contributed by atoms with E-state index in [-0.39, 0.29) is 16.1 Å². The Kier molecular flexibility index (Phi) is 5.03. The Morgan fingerprint density at radius 1 is 1.18 bits per heavy atom. The van der Waals surface area contributed by atoms with Gasteiger partial charge in [0, 0.05) is 0 Å². The predicted molar refractivity (Wildman–Crippen MR) is 98.6 cm³/mol. The second-order valence-electron chi connectivity index (χ2n) is 6.01. The number of nitrogens with zero attached hydrogens (tertiary/aromatic N) is 1. The fraction of sp³-hybridized carbons (Fsp3) is 0.167. The number of anilines is 1. The molecular weight excluding hydrogens is 399 g/mol. The molecule has 0 aliphatic rings. The summed E-state index contributed by atoms with van der Waals surface area (Å²) < 4.78 is 39.3. The molecule has 1 unspecified atom stereocenters. The Morgan fingerprint density at radius 3 is 2.54 bits per heavy atom. The molecule has 3 rings (SSSR count). The highest BCUT2D eigenvalue weighted by atomic mass is 35.5. The van der Waals surface area contributed by atoms with E-state index in [1.165, 1.54) is 19.1 Å². The number of nitrogens with one attached hydrogen (secondary N) is 2. The van der Waals surface area contributed by atoms with Gasteiger partial charge in [0.05, 0.1) is 27.2 Å². The van der Waals surface area contributed by atoms with E-state index in [4.69, 9.17) is 11.6 Å². The molecular formula is C18H13ClF3N3O3. The summed E-state index contributed by atoms with van der Waals surface area (Å²) in [6, 6.07) is 7.41. The minimum atomic E-state index is -4.62. The summed E-state index contributed by atoms with van der Waals surface area (Å²) in [7, 11) is 0. The Morgan fingerprint density at radius 2 is 1.86 bits per heavy atom. The fourth-order valence-electron chi connectivity index (χ4n) is 2.68. The molecule has 0 bridgehead atoms. The lowest BCUT2D eigenvalue weighted by atomic mass is 10.2. The van der Waals surface area contributed by atoms with Crippen molar-refractivity contribution < 1.29 is 18.0 Å². The van der Waals surface area contributed by atoms with Crippen LogP contribution in [0.4, 0.5) is 18.9 Å². The van der Waals surface area contributed by atoms with Crippen LogP contribution >= 0.6 is 11.6 Å². The molecule has 1 atom stereocenters. The number of alkyl halides is 3. The van der Waals surface area contributed by atoms with E-state index >= 15 is 0 Å². The minimum absolute atomic E-state index is 0.117. The Hall–Kier alpha value is -3.07. The Bertz CT molecular complexity index is 1180. The van der Waals surface area contributed by atoms with E-state index in [0.717, 1.165) is 12.1 Å². The van der Waals surface area contributed by atoms with Gasteiger partial charge in [-0.2, -0.15) is 13.2 Å². The average molecular weight is 412 g/mol. The van der Waals surface area contributed by atoms with E-state index in [1.54, 1.807) is 12.1 Å². The first-order valence-corrected chi connectivity index (χ1v) is 8.38. The second kappa shape index (κ2) is 7.16. The van der Waals surface area contributed by atoms with Gasteiger partial charge in [-0.05, 0) is 37.3 Å². The van der Waals surface area contributed by atoms with Crippen LogP contribution in [0.3, 0.4) is 0 Å². The molecule has 0 aliphatic carbocycles. The number of amides is 1. The molecule has 146 valence electrons. The van der Waals surface area contributed by atoms with E-state index in [1.807, 2.05) is 0 Å². The summed E-state index contributed by atoms with van der Waals surface area (Å²) >= 11 is 5.86. The van der Waals surface area contributed by atoms with Gasteiger partial charge >= 0.3 is 11.9 Å². The van der Waals surface area contributed by atoms with Gasteiger partial charge < -0.3 is 10.3 Å². The average Bonchev–Trinajstić information content (AvgIpc) is 2.62. The summed E-state index contributed by atoms with van der Waals surface area (Å²) in [6.45, 7) is 1.28. The molecule has 1 heterocycles. The smallest absolute Gasteiger partial charge is 0.323 e. The third-order valence-corrected chi connectivity index (χ3v) is 4.48. The van der Waals surface area contributed by atoms with Crippen molar-refractivity contribution in [3.8, 4) is 0 Å². The first-order chi connectivity index (χ1) is 13.1. The SMILES string of the molecule is CC(C(=O)Nc1cc(C(F)(F)F)ccc1Cl)n1c(=O)[nH]c2ccccc2c1=O. The molecule has 0 spiro atoms. The first-order valence-electron chi connectivity index (χ1n) is 8.01. The van der Waals surface area contributed by atoms with Gasteiger partial charge in [0.25, 0.3) is 5.56 Å². The molecule has 2 aromatic carbocycles. The van der Waals surface area contributed by atoms with Crippen LogP contribution in [0.1, 0.15) is 18.5 Å². The quantitative estimate of drug-likeness (QED) is 0.691. The maximum atomic E-state index is 12.9. The highest BCUT2D eigenvalue weighted by Crippen LogP contribution is 2.34. The number of para-hydroxylation sites is 1. The topological polar surface area (TPSA) is 84.0 Å². The monoisotopic (exact) mass is 411 g/mol. The van der Waals surface area contributed by atoms with Crippen LogP contribution in [0.2, 0.25) is 5.02 Å². The maximum Gasteiger partial charge on any atom is 0.416 e. The molecule has 3 aromatic rings. The largest absolute Gasteiger partial charge is 0.416 e. The summed E-state index contributed by atoms with van der Waals surface area (Å²) in [6.07, 6.45) is -4.62. The number of carbonyl (C=O) groups excluding carboxylic acids is 1.